The molecule has 0 bridgehead atoms. The van der Waals surface area contributed by atoms with Crippen LogP contribution < -0.4 is 10.6 Å². The summed E-state index contributed by atoms with van der Waals surface area (Å²) in [6, 6.07) is 28.7. The molecule has 8 nitrogen and oxygen atoms in total. The van der Waals surface area contributed by atoms with Gasteiger partial charge in [0.1, 0.15) is 11.2 Å². The summed E-state index contributed by atoms with van der Waals surface area (Å²) in [5.41, 5.74) is 0.0648. The highest BCUT2D eigenvalue weighted by molar-refractivity contribution is 6.30. The summed E-state index contributed by atoms with van der Waals surface area (Å²) in [7, 11) is 0. The number of carbonyl (C=O) groups excluding carboxylic acids is 2. The number of nitrogens with zero attached hydrogens (tertiary/aromatic N) is 2. The zero-order chi connectivity index (χ0) is 39.4. The maximum Gasteiger partial charge on any atom is 0.238 e. The van der Waals surface area contributed by atoms with Gasteiger partial charge in [0, 0.05) is 23.2 Å². The van der Waals surface area contributed by atoms with E-state index in [0.29, 0.717) is 73.7 Å². The van der Waals surface area contributed by atoms with E-state index in [1.807, 2.05) is 60.7 Å². The SMILES string of the molecule is CC1(C)CCC2(CC1)N([C@H](c1ccccc1)[C@@H](O)c1ccccc1)[C@@H](C(=O)NC1CCC(O)CC1)[C@H](c1cccc(Cl)c1F)C21C(=O)Nc2cc(C#N)ccc21. The van der Waals surface area contributed by atoms with Crippen LogP contribution in [0.5, 0.6) is 0 Å². The molecule has 2 heterocycles. The summed E-state index contributed by atoms with van der Waals surface area (Å²) in [5, 5.41) is 39.5. The lowest BCUT2D eigenvalue weighted by atomic mass is 9.53. The van der Waals surface area contributed by atoms with E-state index in [-0.39, 0.29) is 33.9 Å². The number of carbonyl (C=O) groups is 2. The van der Waals surface area contributed by atoms with Gasteiger partial charge in [-0.05, 0) is 97.2 Å². The quantitative estimate of drug-likeness (QED) is 0.150. The molecule has 0 aromatic heterocycles. The molecule has 290 valence electrons. The molecule has 4 N–H and O–H groups in total. The number of nitriles is 1. The van der Waals surface area contributed by atoms with Gasteiger partial charge in [-0.15, -0.1) is 0 Å². The van der Waals surface area contributed by atoms with Crippen molar-refractivity contribution in [3.8, 4) is 6.07 Å². The molecular formula is C46H48ClFN4O4. The Morgan fingerprint density at radius 3 is 2.21 bits per heavy atom. The molecular weight excluding hydrogens is 727 g/mol. The Morgan fingerprint density at radius 2 is 1.57 bits per heavy atom. The number of rotatable bonds is 7. The second-order valence-electron chi connectivity index (χ2n) is 17.0. The minimum absolute atomic E-state index is 0.110. The van der Waals surface area contributed by atoms with Gasteiger partial charge in [0.2, 0.25) is 11.8 Å². The molecule has 3 fully saturated rings. The van der Waals surface area contributed by atoms with Gasteiger partial charge >= 0.3 is 0 Å². The number of hydrogen-bond donors (Lipinski definition) is 4. The summed E-state index contributed by atoms with van der Waals surface area (Å²) in [5.74, 6) is -2.60. The van der Waals surface area contributed by atoms with Gasteiger partial charge in [0.25, 0.3) is 0 Å². The van der Waals surface area contributed by atoms with Crippen molar-refractivity contribution in [3.05, 3.63) is 136 Å². The smallest absolute Gasteiger partial charge is 0.238 e. The number of halogens is 2. The first-order valence-corrected chi connectivity index (χ1v) is 20.1. The highest BCUT2D eigenvalue weighted by Crippen LogP contribution is 2.69. The van der Waals surface area contributed by atoms with Crippen LogP contribution in [0.4, 0.5) is 10.1 Å². The maximum absolute atomic E-state index is 17.1. The average Bonchev–Trinajstić information content (AvgIpc) is 3.64. The summed E-state index contributed by atoms with van der Waals surface area (Å²) in [6.07, 6.45) is 2.86. The van der Waals surface area contributed by atoms with Crippen molar-refractivity contribution in [3.63, 3.8) is 0 Å². The van der Waals surface area contributed by atoms with Crippen LogP contribution in [0.3, 0.4) is 0 Å². The second kappa shape index (κ2) is 14.7. The number of aliphatic hydroxyl groups is 2. The van der Waals surface area contributed by atoms with Crippen LogP contribution >= 0.6 is 11.6 Å². The Balaban J connectivity index is 1.48. The lowest BCUT2D eigenvalue weighted by molar-refractivity contribution is -0.137. The molecule has 2 aliphatic heterocycles. The number of amides is 2. The van der Waals surface area contributed by atoms with Crippen molar-refractivity contribution in [2.24, 2.45) is 5.41 Å². The highest BCUT2D eigenvalue weighted by atomic mass is 35.5. The van der Waals surface area contributed by atoms with Gasteiger partial charge in [0.05, 0.1) is 40.9 Å². The Bertz CT molecular complexity index is 2160. The molecule has 1 saturated heterocycles. The number of anilines is 1. The molecule has 4 aliphatic rings. The molecule has 2 amide bonds. The molecule has 5 atom stereocenters. The molecule has 2 aliphatic carbocycles. The zero-order valence-corrected chi connectivity index (χ0v) is 32.5. The van der Waals surface area contributed by atoms with Gasteiger partial charge in [-0.3, -0.25) is 14.5 Å². The van der Waals surface area contributed by atoms with Crippen LogP contribution in [0.1, 0.15) is 111 Å². The second-order valence-corrected chi connectivity index (χ2v) is 17.4. The minimum atomic E-state index is -1.58. The Labute approximate surface area is 332 Å². The Kier molecular flexibility index (Phi) is 10.1. The van der Waals surface area contributed by atoms with Crippen LogP contribution in [-0.2, 0) is 15.0 Å². The first-order chi connectivity index (χ1) is 26.9. The van der Waals surface area contributed by atoms with Crippen molar-refractivity contribution in [1.29, 1.82) is 5.26 Å². The number of nitrogens with one attached hydrogen (secondary N) is 2. The molecule has 2 spiro atoms. The topological polar surface area (TPSA) is 126 Å². The van der Waals surface area contributed by atoms with E-state index in [9.17, 15) is 15.5 Å². The first kappa shape index (κ1) is 38.3. The third-order valence-corrected chi connectivity index (χ3v) is 13.7. The van der Waals surface area contributed by atoms with Crippen LogP contribution in [0, 0.1) is 22.6 Å². The van der Waals surface area contributed by atoms with Gasteiger partial charge in [-0.1, -0.05) is 104 Å². The minimum Gasteiger partial charge on any atom is -0.393 e. The number of hydrogen-bond acceptors (Lipinski definition) is 6. The summed E-state index contributed by atoms with van der Waals surface area (Å²) >= 11 is 6.61. The monoisotopic (exact) mass is 774 g/mol. The van der Waals surface area contributed by atoms with Crippen molar-refractivity contribution >= 4 is 29.1 Å². The summed E-state index contributed by atoms with van der Waals surface area (Å²) < 4.78 is 17.1. The molecule has 2 saturated carbocycles. The maximum atomic E-state index is 17.1. The van der Waals surface area contributed by atoms with Crippen LogP contribution in [0.2, 0.25) is 5.02 Å². The molecule has 1 unspecified atom stereocenters. The Morgan fingerprint density at radius 1 is 0.929 bits per heavy atom. The molecule has 0 radical (unpaired) electrons. The number of benzene rings is 4. The van der Waals surface area contributed by atoms with E-state index in [0.717, 1.165) is 5.56 Å². The highest BCUT2D eigenvalue weighted by Gasteiger charge is 2.77. The third-order valence-electron chi connectivity index (χ3n) is 13.4. The van der Waals surface area contributed by atoms with E-state index in [2.05, 4.69) is 35.5 Å². The van der Waals surface area contributed by atoms with Crippen molar-refractivity contribution in [1.82, 2.24) is 10.2 Å². The lowest BCUT2D eigenvalue weighted by Crippen LogP contribution is -2.64. The zero-order valence-electron chi connectivity index (χ0n) is 31.7. The largest absolute Gasteiger partial charge is 0.393 e. The molecule has 10 heteroatoms. The fraction of sp³-hybridized carbons (Fsp3) is 0.413. The summed E-state index contributed by atoms with van der Waals surface area (Å²) in [6.45, 7) is 4.41. The van der Waals surface area contributed by atoms with Gasteiger partial charge in [-0.2, -0.15) is 5.26 Å². The standard InChI is InChI=1S/C46H48ClFN4O4/c1-44(2)22-24-45(25-23-44)46(34-21-16-28(27-49)26-36(34)51-43(46)56)37(33-14-9-15-35(47)38(33)48)40(42(55)50-31-17-19-32(53)20-18-31)52(45)39(29-10-5-3-6-11-29)41(54)30-12-7-4-8-13-30/h3-16,21,26,31-32,37,39-41,53-54H,17-20,22-25H2,1-2H3,(H,50,55)(H,51,56)/t31?,32?,37-,39+,40+,41-,46?/m0/s1. The van der Waals surface area contributed by atoms with Crippen LogP contribution in [0.15, 0.2) is 97.1 Å². The average molecular weight is 775 g/mol. The van der Waals surface area contributed by atoms with Crippen molar-refractivity contribution in [2.75, 3.05) is 5.32 Å². The van der Waals surface area contributed by atoms with Crippen molar-refractivity contribution < 1.29 is 24.2 Å². The number of aliphatic hydroxyl groups excluding tert-OH is 2. The fourth-order valence-corrected chi connectivity index (χ4v) is 10.9. The third kappa shape index (κ3) is 6.13. The van der Waals surface area contributed by atoms with Gasteiger partial charge in [-0.25, -0.2) is 4.39 Å². The molecule has 8 rings (SSSR count). The molecule has 56 heavy (non-hydrogen) atoms. The van der Waals surface area contributed by atoms with E-state index in [1.54, 1.807) is 30.3 Å². The van der Waals surface area contributed by atoms with E-state index in [1.165, 1.54) is 6.07 Å². The molecule has 4 aromatic carbocycles. The predicted octanol–water partition coefficient (Wildman–Crippen LogP) is 8.24. The molecule has 4 aromatic rings. The first-order valence-electron chi connectivity index (χ1n) is 19.8. The van der Waals surface area contributed by atoms with Crippen LogP contribution in [-0.4, -0.2) is 50.7 Å². The van der Waals surface area contributed by atoms with E-state index in [4.69, 9.17) is 11.6 Å². The normalized spacial score (nSPS) is 27.6. The lowest BCUT2D eigenvalue weighted by Gasteiger charge is -2.56. The van der Waals surface area contributed by atoms with Crippen molar-refractivity contribution in [2.45, 2.75) is 112 Å². The van der Waals surface area contributed by atoms with Crippen LogP contribution in [0.25, 0.3) is 0 Å². The van der Waals surface area contributed by atoms with Gasteiger partial charge < -0.3 is 20.8 Å². The van der Waals surface area contributed by atoms with E-state index >= 15 is 14.0 Å². The fourth-order valence-electron chi connectivity index (χ4n) is 10.7. The van der Waals surface area contributed by atoms with E-state index < -0.39 is 47.0 Å². The Hall–Kier alpha value is -4.59. The van der Waals surface area contributed by atoms with Gasteiger partial charge in [0.15, 0.2) is 0 Å². The predicted molar refractivity (Wildman–Crippen MR) is 213 cm³/mol. The summed E-state index contributed by atoms with van der Waals surface area (Å²) in [4.78, 5) is 33.4. The number of fused-ring (bicyclic) bond motifs is 3. The number of likely N-dealkylation sites (tertiary alicyclic amines) is 1.